The molecule has 1 heterocycles. The number of hydrogen-bond donors (Lipinski definition) is 2. The molecule has 2 aliphatic rings. The first kappa shape index (κ1) is 18.6. The van der Waals surface area contributed by atoms with Crippen LogP contribution in [0.25, 0.3) is 0 Å². The van der Waals surface area contributed by atoms with Gasteiger partial charge in [-0.15, -0.1) is 12.4 Å². The van der Waals surface area contributed by atoms with Crippen molar-refractivity contribution >= 4 is 24.0 Å². The molecule has 2 fully saturated rings. The molecule has 1 aliphatic heterocycles. The van der Waals surface area contributed by atoms with Gasteiger partial charge in [0.25, 0.3) is 5.69 Å². The van der Waals surface area contributed by atoms with E-state index in [1.54, 1.807) is 12.1 Å². The summed E-state index contributed by atoms with van der Waals surface area (Å²) in [6, 6.07) is 4.71. The largest absolute Gasteiger partial charge is 0.366 e. The van der Waals surface area contributed by atoms with Gasteiger partial charge in [-0.1, -0.05) is 12.5 Å². The average Bonchev–Trinajstić information content (AvgIpc) is 2.91. The lowest BCUT2D eigenvalue weighted by Gasteiger charge is -2.29. The van der Waals surface area contributed by atoms with Gasteiger partial charge in [-0.2, -0.15) is 0 Å². The van der Waals surface area contributed by atoms with Crippen molar-refractivity contribution in [2.24, 2.45) is 23.3 Å². The molecule has 1 aliphatic carbocycles. The second-order valence-corrected chi connectivity index (χ2v) is 6.68. The highest BCUT2D eigenvalue weighted by Crippen LogP contribution is 2.36. The summed E-state index contributed by atoms with van der Waals surface area (Å²) in [4.78, 5) is 24.3. The molecule has 3 atom stereocenters. The third-order valence-corrected chi connectivity index (χ3v) is 5.19. The highest BCUT2D eigenvalue weighted by molar-refractivity contribution is 5.93. The quantitative estimate of drug-likeness (QED) is 0.630. The summed E-state index contributed by atoms with van der Waals surface area (Å²) in [5.74, 6) is 0.438. The summed E-state index contributed by atoms with van der Waals surface area (Å²) in [6.07, 6.45) is 3.43. The van der Waals surface area contributed by atoms with Gasteiger partial charge < -0.3 is 11.5 Å². The van der Waals surface area contributed by atoms with Gasteiger partial charge in [0.15, 0.2) is 0 Å². The van der Waals surface area contributed by atoms with Crippen molar-refractivity contribution in [3.63, 3.8) is 0 Å². The molecular formula is C16H23ClN4O3. The molecule has 7 nitrogen and oxygen atoms in total. The maximum atomic E-state index is 11.3. The number of nitro groups is 1. The van der Waals surface area contributed by atoms with Crippen LogP contribution in [0, 0.1) is 22.0 Å². The van der Waals surface area contributed by atoms with Crippen LogP contribution in [0.3, 0.4) is 0 Å². The number of carbonyl (C=O) groups is 1. The van der Waals surface area contributed by atoms with Crippen LogP contribution in [0.5, 0.6) is 0 Å². The Bertz CT molecular complexity index is 640. The monoisotopic (exact) mass is 354 g/mol. The van der Waals surface area contributed by atoms with E-state index >= 15 is 0 Å². The average molecular weight is 355 g/mol. The van der Waals surface area contributed by atoms with E-state index in [9.17, 15) is 14.9 Å². The van der Waals surface area contributed by atoms with Crippen molar-refractivity contribution in [3.8, 4) is 0 Å². The number of amides is 1. The normalized spacial score (nSPS) is 26.5. The number of nitrogens with two attached hydrogens (primary N) is 2. The van der Waals surface area contributed by atoms with Crippen LogP contribution >= 0.6 is 12.4 Å². The Morgan fingerprint density at radius 3 is 2.71 bits per heavy atom. The molecule has 3 rings (SSSR count). The van der Waals surface area contributed by atoms with Crippen molar-refractivity contribution in [1.29, 1.82) is 0 Å². The van der Waals surface area contributed by atoms with Crippen molar-refractivity contribution in [3.05, 3.63) is 39.4 Å². The van der Waals surface area contributed by atoms with Crippen LogP contribution < -0.4 is 11.5 Å². The van der Waals surface area contributed by atoms with E-state index in [0.29, 0.717) is 23.9 Å². The molecule has 0 radical (unpaired) electrons. The van der Waals surface area contributed by atoms with Crippen LogP contribution in [0.15, 0.2) is 18.2 Å². The van der Waals surface area contributed by atoms with Crippen molar-refractivity contribution in [2.75, 3.05) is 13.1 Å². The fraction of sp³-hybridized carbons (Fsp3) is 0.562. The fourth-order valence-electron chi connectivity index (χ4n) is 4.00. The fourth-order valence-corrected chi connectivity index (χ4v) is 4.00. The third-order valence-electron chi connectivity index (χ3n) is 5.19. The van der Waals surface area contributed by atoms with E-state index < -0.39 is 10.8 Å². The second-order valence-electron chi connectivity index (χ2n) is 6.68. The van der Waals surface area contributed by atoms with Gasteiger partial charge >= 0.3 is 0 Å². The van der Waals surface area contributed by atoms with Crippen molar-refractivity contribution in [1.82, 2.24) is 4.90 Å². The molecule has 1 aromatic rings. The molecule has 1 amide bonds. The summed E-state index contributed by atoms with van der Waals surface area (Å²) < 4.78 is 0. The Hall–Kier alpha value is -1.70. The highest BCUT2D eigenvalue weighted by atomic mass is 35.5. The summed E-state index contributed by atoms with van der Waals surface area (Å²) in [5.41, 5.74) is 12.2. The van der Waals surface area contributed by atoms with Crippen LogP contribution in [0.1, 0.15) is 35.2 Å². The Morgan fingerprint density at radius 1 is 1.33 bits per heavy atom. The molecule has 3 unspecified atom stereocenters. The molecule has 8 heteroatoms. The smallest absolute Gasteiger partial charge is 0.274 e. The first-order valence-corrected chi connectivity index (χ1v) is 8.00. The van der Waals surface area contributed by atoms with E-state index in [-0.39, 0.29) is 29.7 Å². The number of fused-ring (bicyclic) bond motifs is 1. The summed E-state index contributed by atoms with van der Waals surface area (Å²) in [5, 5.41) is 11.3. The maximum Gasteiger partial charge on any atom is 0.274 e. The van der Waals surface area contributed by atoms with E-state index in [2.05, 4.69) is 4.90 Å². The topological polar surface area (TPSA) is 115 Å². The zero-order valence-corrected chi connectivity index (χ0v) is 14.2. The third kappa shape index (κ3) is 3.68. The number of carbonyl (C=O) groups excluding carboxylic acids is 1. The number of rotatable bonds is 4. The predicted octanol–water partition coefficient (Wildman–Crippen LogP) is 1.67. The van der Waals surface area contributed by atoms with Crippen LogP contribution in [-0.4, -0.2) is 34.9 Å². The maximum absolute atomic E-state index is 11.3. The Labute approximate surface area is 146 Å². The number of benzene rings is 1. The van der Waals surface area contributed by atoms with Gasteiger partial charge in [0.2, 0.25) is 5.91 Å². The van der Waals surface area contributed by atoms with Gasteiger partial charge in [-0.3, -0.25) is 19.8 Å². The molecule has 1 saturated carbocycles. The van der Waals surface area contributed by atoms with E-state index in [1.807, 2.05) is 0 Å². The molecule has 0 aromatic heterocycles. The molecule has 132 valence electrons. The van der Waals surface area contributed by atoms with Crippen LogP contribution in [0.4, 0.5) is 5.69 Å². The van der Waals surface area contributed by atoms with Crippen molar-refractivity contribution < 1.29 is 9.72 Å². The van der Waals surface area contributed by atoms with Crippen molar-refractivity contribution in [2.45, 2.75) is 31.8 Å². The molecule has 24 heavy (non-hydrogen) atoms. The standard InChI is InChI=1S/C16H22N4O3.ClH/c17-14-3-1-2-11-7-19(9-13(11)14)8-12-5-4-10(16(18)21)6-15(12)20(22)23;/h4-6,11,13-14H,1-3,7-9,17H2,(H2,18,21);1H. The molecular weight excluding hydrogens is 332 g/mol. The first-order chi connectivity index (χ1) is 11.0. The number of nitrogens with zero attached hydrogens (tertiary/aromatic N) is 2. The van der Waals surface area contributed by atoms with E-state index in [0.717, 1.165) is 19.5 Å². The zero-order valence-electron chi connectivity index (χ0n) is 13.4. The first-order valence-electron chi connectivity index (χ1n) is 8.00. The lowest BCUT2D eigenvalue weighted by atomic mass is 9.78. The SMILES string of the molecule is Cl.NC(=O)c1ccc(CN2CC3CCCC(N)C3C2)c([N+](=O)[O-])c1. The van der Waals surface area contributed by atoms with Gasteiger partial charge in [0, 0.05) is 42.9 Å². The molecule has 4 N–H and O–H groups in total. The Kier molecular flexibility index (Phi) is 5.79. The minimum Gasteiger partial charge on any atom is -0.366 e. The zero-order chi connectivity index (χ0) is 16.6. The van der Waals surface area contributed by atoms with Gasteiger partial charge in [0.05, 0.1) is 4.92 Å². The summed E-state index contributed by atoms with van der Waals surface area (Å²) in [6.45, 7) is 2.34. The Morgan fingerprint density at radius 2 is 2.08 bits per heavy atom. The predicted molar refractivity (Wildman–Crippen MR) is 92.9 cm³/mol. The van der Waals surface area contributed by atoms with Crippen LogP contribution in [-0.2, 0) is 6.54 Å². The van der Waals surface area contributed by atoms with E-state index in [1.165, 1.54) is 18.9 Å². The van der Waals surface area contributed by atoms with Gasteiger partial charge in [-0.25, -0.2) is 0 Å². The minimum absolute atomic E-state index is 0. The van der Waals surface area contributed by atoms with Gasteiger partial charge in [0.1, 0.15) is 0 Å². The molecule has 1 aromatic carbocycles. The second kappa shape index (κ2) is 7.46. The molecule has 0 bridgehead atoms. The number of nitro benzene ring substituents is 1. The number of primary amides is 1. The Balaban J connectivity index is 0.00000208. The number of likely N-dealkylation sites (tertiary alicyclic amines) is 1. The lowest BCUT2D eigenvalue weighted by molar-refractivity contribution is -0.385. The summed E-state index contributed by atoms with van der Waals surface area (Å²) >= 11 is 0. The minimum atomic E-state index is -0.655. The number of hydrogen-bond acceptors (Lipinski definition) is 5. The summed E-state index contributed by atoms with van der Waals surface area (Å²) in [7, 11) is 0. The van der Waals surface area contributed by atoms with Crippen LogP contribution in [0.2, 0.25) is 0 Å². The molecule has 1 saturated heterocycles. The number of halogens is 1. The lowest BCUT2D eigenvalue weighted by Crippen LogP contribution is -2.38. The molecule has 0 spiro atoms. The highest BCUT2D eigenvalue weighted by Gasteiger charge is 2.38. The van der Waals surface area contributed by atoms with Gasteiger partial charge in [-0.05, 0) is 30.7 Å². The van der Waals surface area contributed by atoms with E-state index in [4.69, 9.17) is 11.5 Å².